The normalized spacial score (nSPS) is 14.8. The lowest BCUT2D eigenvalue weighted by molar-refractivity contribution is 0.600. The molecule has 1 aliphatic rings. The first-order chi connectivity index (χ1) is 10.4. The Morgan fingerprint density at radius 1 is 1.23 bits per heavy atom. The lowest BCUT2D eigenvalue weighted by atomic mass is 10.2. The minimum absolute atomic E-state index is 0.176. The van der Waals surface area contributed by atoms with Gasteiger partial charge in [0.2, 0.25) is 10.0 Å². The summed E-state index contributed by atoms with van der Waals surface area (Å²) in [5.74, 6) is -0.379. The van der Waals surface area contributed by atoms with Crippen LogP contribution >= 0.6 is 0 Å². The van der Waals surface area contributed by atoms with Gasteiger partial charge in [-0.1, -0.05) is 12.1 Å². The number of hydrogen-bond donors (Lipinski definition) is 1. The number of pyridine rings is 1. The van der Waals surface area contributed by atoms with E-state index in [9.17, 15) is 17.6 Å². The zero-order valence-electron chi connectivity index (χ0n) is 11.7. The van der Waals surface area contributed by atoms with Crippen LogP contribution in [0.2, 0.25) is 0 Å². The average Bonchev–Trinajstić information content (AvgIpc) is 3.27. The number of anilines is 1. The molecule has 0 radical (unpaired) electrons. The quantitative estimate of drug-likeness (QED) is 0.915. The molecule has 116 valence electrons. The largest absolute Gasteiger partial charge is 0.309 e. The highest BCUT2D eigenvalue weighted by Crippen LogP contribution is 2.29. The molecule has 0 unspecified atom stereocenters. The minimum atomic E-state index is -3.37. The van der Waals surface area contributed by atoms with Gasteiger partial charge in [0.25, 0.3) is 5.56 Å². The minimum Gasteiger partial charge on any atom is -0.309 e. The maximum atomic E-state index is 13.2. The zero-order valence-corrected chi connectivity index (χ0v) is 12.5. The predicted octanol–water partition coefficient (Wildman–Crippen LogP) is 1.94. The summed E-state index contributed by atoms with van der Waals surface area (Å²) in [6, 6.07) is 8.67. The second-order valence-electron chi connectivity index (χ2n) is 5.36. The molecular formula is C15H15FN2O3S. The van der Waals surface area contributed by atoms with Gasteiger partial charge in [0.05, 0.1) is 17.5 Å². The molecular weight excluding hydrogens is 307 g/mol. The Labute approximate surface area is 127 Å². The van der Waals surface area contributed by atoms with E-state index in [0.29, 0.717) is 24.1 Å². The van der Waals surface area contributed by atoms with Crippen LogP contribution in [0.4, 0.5) is 10.1 Å². The maximum Gasteiger partial charge on any atom is 0.250 e. The van der Waals surface area contributed by atoms with Crippen LogP contribution < -0.4 is 10.3 Å². The summed E-state index contributed by atoms with van der Waals surface area (Å²) in [4.78, 5) is 11.9. The second-order valence-corrected chi connectivity index (χ2v) is 7.32. The summed E-state index contributed by atoms with van der Waals surface area (Å²) in [7, 11) is -3.37. The van der Waals surface area contributed by atoms with Gasteiger partial charge in [0.1, 0.15) is 5.82 Å². The molecule has 2 aromatic rings. The summed E-state index contributed by atoms with van der Waals surface area (Å²) in [6.45, 7) is 0.176. The Morgan fingerprint density at radius 3 is 2.68 bits per heavy atom. The fourth-order valence-electron chi connectivity index (χ4n) is 2.17. The lowest BCUT2D eigenvalue weighted by Gasteiger charge is -2.10. The number of hydrogen-bond acceptors (Lipinski definition) is 3. The topological polar surface area (TPSA) is 68.2 Å². The van der Waals surface area contributed by atoms with Crippen LogP contribution in [0.5, 0.6) is 0 Å². The molecule has 0 saturated heterocycles. The monoisotopic (exact) mass is 322 g/mol. The fraction of sp³-hybridized carbons (Fsp3) is 0.267. The van der Waals surface area contributed by atoms with Crippen molar-refractivity contribution in [1.82, 2.24) is 4.57 Å². The lowest BCUT2D eigenvalue weighted by Crippen LogP contribution is -2.22. The molecule has 22 heavy (non-hydrogen) atoms. The van der Waals surface area contributed by atoms with Gasteiger partial charge in [-0.2, -0.15) is 0 Å². The van der Waals surface area contributed by atoms with E-state index < -0.39 is 10.0 Å². The Balaban J connectivity index is 1.85. The van der Waals surface area contributed by atoms with Crippen LogP contribution in [-0.4, -0.2) is 18.2 Å². The van der Waals surface area contributed by atoms with E-state index in [2.05, 4.69) is 4.72 Å². The molecule has 0 spiro atoms. The van der Waals surface area contributed by atoms with Crippen molar-refractivity contribution in [2.75, 3.05) is 4.72 Å². The van der Waals surface area contributed by atoms with Gasteiger partial charge in [-0.3, -0.25) is 9.52 Å². The summed E-state index contributed by atoms with van der Waals surface area (Å²) in [5.41, 5.74) is 0.686. The van der Waals surface area contributed by atoms with E-state index in [1.165, 1.54) is 35.0 Å². The third kappa shape index (κ3) is 3.36. The van der Waals surface area contributed by atoms with Gasteiger partial charge >= 0.3 is 0 Å². The van der Waals surface area contributed by atoms with E-state index in [0.717, 1.165) is 0 Å². The third-order valence-corrected chi connectivity index (χ3v) is 5.32. The molecule has 1 aliphatic carbocycles. The summed E-state index contributed by atoms with van der Waals surface area (Å²) in [6.07, 6.45) is 2.77. The first-order valence-electron chi connectivity index (χ1n) is 6.91. The first kappa shape index (κ1) is 14.8. The Kier molecular flexibility index (Phi) is 3.74. The van der Waals surface area contributed by atoms with E-state index in [-0.39, 0.29) is 23.2 Å². The van der Waals surface area contributed by atoms with Gasteiger partial charge in [0.15, 0.2) is 0 Å². The van der Waals surface area contributed by atoms with E-state index >= 15 is 0 Å². The predicted molar refractivity (Wildman–Crippen MR) is 81.8 cm³/mol. The number of aromatic nitrogens is 1. The van der Waals surface area contributed by atoms with Crippen molar-refractivity contribution >= 4 is 15.7 Å². The Hall–Kier alpha value is -2.15. The smallest absolute Gasteiger partial charge is 0.250 e. The molecule has 7 heteroatoms. The van der Waals surface area contributed by atoms with Crippen molar-refractivity contribution < 1.29 is 12.8 Å². The number of rotatable bonds is 5. The second kappa shape index (κ2) is 5.57. The van der Waals surface area contributed by atoms with Gasteiger partial charge < -0.3 is 4.57 Å². The number of benzene rings is 1. The van der Waals surface area contributed by atoms with Crippen molar-refractivity contribution in [1.29, 1.82) is 0 Å². The SMILES string of the molecule is O=c1ccc(NS(=O)(=O)C2CC2)cn1Cc1cccc(F)c1. The zero-order chi connectivity index (χ0) is 15.7. The van der Waals surface area contributed by atoms with Crippen molar-refractivity contribution in [2.24, 2.45) is 0 Å². The van der Waals surface area contributed by atoms with Crippen LogP contribution in [0.1, 0.15) is 18.4 Å². The van der Waals surface area contributed by atoms with Crippen LogP contribution in [-0.2, 0) is 16.6 Å². The summed E-state index contributed by atoms with van der Waals surface area (Å²) in [5, 5.41) is -0.337. The fourth-order valence-corrected chi connectivity index (χ4v) is 3.55. The molecule has 0 bridgehead atoms. The highest BCUT2D eigenvalue weighted by Gasteiger charge is 2.35. The molecule has 1 N–H and O–H groups in total. The van der Waals surface area contributed by atoms with Crippen molar-refractivity contribution in [3.8, 4) is 0 Å². The van der Waals surface area contributed by atoms with E-state index in [1.54, 1.807) is 12.1 Å². The van der Waals surface area contributed by atoms with Crippen LogP contribution in [0, 0.1) is 5.82 Å². The average molecular weight is 322 g/mol. The molecule has 5 nitrogen and oxygen atoms in total. The van der Waals surface area contributed by atoms with Crippen molar-refractivity contribution in [3.05, 3.63) is 64.3 Å². The van der Waals surface area contributed by atoms with Crippen LogP contribution in [0.25, 0.3) is 0 Å². The highest BCUT2D eigenvalue weighted by molar-refractivity contribution is 7.93. The third-order valence-electron chi connectivity index (χ3n) is 3.45. The first-order valence-corrected chi connectivity index (χ1v) is 8.45. The Bertz CT molecular complexity index is 857. The molecule has 1 saturated carbocycles. The molecule has 1 aromatic carbocycles. The maximum absolute atomic E-state index is 13.2. The molecule has 1 fully saturated rings. The molecule has 0 amide bonds. The van der Waals surface area contributed by atoms with Gasteiger partial charge in [-0.25, -0.2) is 12.8 Å². The molecule has 1 aromatic heterocycles. The van der Waals surface area contributed by atoms with E-state index in [1.807, 2.05) is 0 Å². The summed E-state index contributed by atoms with van der Waals surface area (Å²) >= 11 is 0. The number of nitrogens with one attached hydrogen (secondary N) is 1. The van der Waals surface area contributed by atoms with Gasteiger partial charge in [0, 0.05) is 12.3 Å². The van der Waals surface area contributed by atoms with Gasteiger partial charge in [-0.05, 0) is 36.6 Å². The Morgan fingerprint density at radius 2 is 2.00 bits per heavy atom. The number of sulfonamides is 1. The van der Waals surface area contributed by atoms with Crippen LogP contribution in [0.3, 0.4) is 0 Å². The molecule has 3 rings (SSSR count). The van der Waals surface area contributed by atoms with Crippen molar-refractivity contribution in [3.63, 3.8) is 0 Å². The standard InChI is InChI=1S/C15H15FN2O3S/c16-12-3-1-2-11(8-12)9-18-10-13(4-7-15(18)19)17-22(20,21)14-5-6-14/h1-4,7-8,10,14,17H,5-6,9H2. The highest BCUT2D eigenvalue weighted by atomic mass is 32.2. The van der Waals surface area contributed by atoms with Crippen LogP contribution in [0.15, 0.2) is 47.4 Å². The van der Waals surface area contributed by atoms with Crippen molar-refractivity contribution in [2.45, 2.75) is 24.6 Å². The van der Waals surface area contributed by atoms with E-state index in [4.69, 9.17) is 0 Å². The number of nitrogens with zero attached hydrogens (tertiary/aromatic N) is 1. The summed E-state index contributed by atoms with van der Waals surface area (Å²) < 4.78 is 40.8. The van der Waals surface area contributed by atoms with Gasteiger partial charge in [-0.15, -0.1) is 0 Å². The molecule has 0 aliphatic heterocycles. The number of halogens is 1. The molecule has 0 atom stereocenters. The molecule has 1 heterocycles.